The van der Waals surface area contributed by atoms with Crippen LogP contribution in [0.4, 0.5) is 0 Å². The van der Waals surface area contributed by atoms with Crippen LogP contribution in [-0.2, 0) is 11.3 Å². The fraction of sp³-hybridized carbons (Fsp3) is 0.720. The highest BCUT2D eigenvalue weighted by Crippen LogP contribution is 2.38. The van der Waals surface area contributed by atoms with Crippen LogP contribution in [0.1, 0.15) is 82.6 Å². The summed E-state index contributed by atoms with van der Waals surface area (Å²) in [6.45, 7) is 0.872. The molecular weight excluding hydrogens is 386 g/mol. The SMILES string of the molecule is CN1C(=N)N[C@](CCC2CCCCC2)(C[C@@H]2CCC[C@@H](NCc3ccncc3)C2)C1=O. The largest absolute Gasteiger partial charge is 0.342 e. The molecule has 3 fully saturated rings. The first-order chi connectivity index (χ1) is 15.1. The molecule has 0 unspecified atom stereocenters. The highest BCUT2D eigenvalue weighted by atomic mass is 16.2. The van der Waals surface area contributed by atoms with Crippen LogP contribution in [-0.4, -0.2) is 40.4 Å². The molecule has 1 saturated heterocycles. The molecule has 2 aliphatic carbocycles. The highest BCUT2D eigenvalue weighted by Gasteiger charge is 2.49. The lowest BCUT2D eigenvalue weighted by atomic mass is 9.74. The number of carbonyl (C=O) groups is 1. The Labute approximate surface area is 187 Å². The van der Waals surface area contributed by atoms with Crippen molar-refractivity contribution in [2.24, 2.45) is 11.8 Å². The third-order valence-corrected chi connectivity index (χ3v) is 7.88. The molecule has 31 heavy (non-hydrogen) atoms. The van der Waals surface area contributed by atoms with Crippen LogP contribution in [0, 0.1) is 17.2 Å². The predicted octanol–water partition coefficient (Wildman–Crippen LogP) is 4.22. The molecule has 170 valence electrons. The van der Waals surface area contributed by atoms with E-state index in [9.17, 15) is 4.79 Å². The van der Waals surface area contributed by atoms with Gasteiger partial charge in [0.05, 0.1) is 0 Å². The number of nitrogens with zero attached hydrogens (tertiary/aromatic N) is 2. The molecule has 3 aliphatic rings. The van der Waals surface area contributed by atoms with Crippen LogP contribution in [0.15, 0.2) is 24.5 Å². The Balaban J connectivity index is 1.37. The van der Waals surface area contributed by atoms with Gasteiger partial charge in [-0.1, -0.05) is 44.9 Å². The van der Waals surface area contributed by atoms with Gasteiger partial charge >= 0.3 is 0 Å². The van der Waals surface area contributed by atoms with Crippen molar-refractivity contribution >= 4 is 11.9 Å². The molecule has 6 nitrogen and oxygen atoms in total. The molecule has 0 radical (unpaired) electrons. The van der Waals surface area contributed by atoms with Crippen LogP contribution in [0.3, 0.4) is 0 Å². The lowest BCUT2D eigenvalue weighted by Crippen LogP contribution is -2.49. The minimum absolute atomic E-state index is 0.111. The number of pyridine rings is 1. The Morgan fingerprint density at radius 3 is 2.58 bits per heavy atom. The lowest BCUT2D eigenvalue weighted by molar-refractivity contribution is -0.131. The van der Waals surface area contributed by atoms with Crippen LogP contribution in [0.5, 0.6) is 0 Å². The molecule has 3 atom stereocenters. The van der Waals surface area contributed by atoms with E-state index in [0.717, 1.165) is 38.1 Å². The van der Waals surface area contributed by atoms with E-state index in [-0.39, 0.29) is 11.9 Å². The zero-order chi connectivity index (χ0) is 21.7. The Hall–Kier alpha value is -1.95. The molecule has 0 spiro atoms. The van der Waals surface area contributed by atoms with E-state index in [1.54, 1.807) is 7.05 Å². The average Bonchev–Trinajstić information content (AvgIpc) is 3.01. The maximum atomic E-state index is 13.3. The Morgan fingerprint density at radius 2 is 1.87 bits per heavy atom. The van der Waals surface area contributed by atoms with Crippen molar-refractivity contribution in [2.75, 3.05) is 7.05 Å². The topological polar surface area (TPSA) is 81.1 Å². The van der Waals surface area contributed by atoms with E-state index in [4.69, 9.17) is 5.41 Å². The molecule has 4 rings (SSSR count). The van der Waals surface area contributed by atoms with Gasteiger partial charge in [0.1, 0.15) is 5.54 Å². The second-order valence-corrected chi connectivity index (χ2v) is 10.1. The Kier molecular flexibility index (Phi) is 7.26. The van der Waals surface area contributed by atoms with E-state index >= 15 is 0 Å². The van der Waals surface area contributed by atoms with Gasteiger partial charge in [-0.2, -0.15) is 0 Å². The number of amides is 1. The van der Waals surface area contributed by atoms with E-state index in [1.165, 1.54) is 61.8 Å². The molecule has 1 aromatic rings. The molecule has 2 heterocycles. The van der Waals surface area contributed by atoms with Crippen molar-refractivity contribution in [1.29, 1.82) is 5.41 Å². The quantitative estimate of drug-likeness (QED) is 0.583. The summed E-state index contributed by atoms with van der Waals surface area (Å²) in [4.78, 5) is 18.9. The maximum Gasteiger partial charge on any atom is 0.254 e. The zero-order valence-corrected chi connectivity index (χ0v) is 19.0. The van der Waals surface area contributed by atoms with Crippen LogP contribution >= 0.6 is 0 Å². The molecule has 1 amide bonds. The molecule has 1 aliphatic heterocycles. The third-order valence-electron chi connectivity index (χ3n) is 7.88. The fourth-order valence-corrected chi connectivity index (χ4v) is 6.04. The highest BCUT2D eigenvalue weighted by molar-refractivity contribution is 6.07. The first kappa shape index (κ1) is 22.3. The second-order valence-electron chi connectivity index (χ2n) is 10.1. The number of carbonyl (C=O) groups excluding carboxylic acids is 1. The number of rotatable bonds is 8. The number of guanidine groups is 1. The lowest BCUT2D eigenvalue weighted by Gasteiger charge is -2.37. The molecule has 0 aromatic carbocycles. The zero-order valence-electron chi connectivity index (χ0n) is 19.0. The summed E-state index contributed by atoms with van der Waals surface area (Å²) in [5, 5.41) is 15.3. The van der Waals surface area contributed by atoms with Gasteiger partial charge in [-0.05, 0) is 61.6 Å². The van der Waals surface area contributed by atoms with Crippen LogP contribution in [0.25, 0.3) is 0 Å². The first-order valence-corrected chi connectivity index (χ1v) is 12.3. The first-order valence-electron chi connectivity index (χ1n) is 12.3. The monoisotopic (exact) mass is 425 g/mol. The standard InChI is InChI=1S/C25H39N5O/c1-30-23(31)25(29-24(30)26,13-10-19-6-3-2-4-7-19)17-21-8-5-9-22(16-21)28-18-20-11-14-27-15-12-20/h11-12,14-15,19,21-22,28H,2-10,13,16-18H2,1H3,(H2,26,29)/t21-,22-,25-/m1/s1. The summed E-state index contributed by atoms with van der Waals surface area (Å²) in [6.07, 6.45) is 17.9. The van der Waals surface area contributed by atoms with Crippen molar-refractivity contribution in [3.63, 3.8) is 0 Å². The van der Waals surface area contributed by atoms with Crippen LogP contribution in [0.2, 0.25) is 0 Å². The Morgan fingerprint density at radius 1 is 1.13 bits per heavy atom. The number of likely N-dealkylation sites (N-methyl/N-ethyl adjacent to an activating group) is 1. The summed E-state index contributed by atoms with van der Waals surface area (Å²) < 4.78 is 0. The van der Waals surface area contributed by atoms with Crippen LogP contribution < -0.4 is 10.6 Å². The summed E-state index contributed by atoms with van der Waals surface area (Å²) in [6, 6.07) is 4.63. The van der Waals surface area contributed by atoms with E-state index in [1.807, 2.05) is 12.4 Å². The normalized spacial score (nSPS) is 29.9. The maximum absolute atomic E-state index is 13.3. The van der Waals surface area contributed by atoms with Gasteiger partial charge in [0, 0.05) is 32.0 Å². The van der Waals surface area contributed by atoms with Crippen molar-refractivity contribution < 1.29 is 4.79 Å². The molecular formula is C25H39N5O. The number of aromatic nitrogens is 1. The summed E-state index contributed by atoms with van der Waals surface area (Å²) >= 11 is 0. The molecule has 1 aromatic heterocycles. The minimum Gasteiger partial charge on any atom is -0.342 e. The molecule has 0 bridgehead atoms. The van der Waals surface area contributed by atoms with Crippen molar-refractivity contribution in [2.45, 2.75) is 95.2 Å². The summed E-state index contributed by atoms with van der Waals surface area (Å²) in [5.74, 6) is 1.66. The van der Waals surface area contributed by atoms with Gasteiger partial charge in [-0.15, -0.1) is 0 Å². The van der Waals surface area contributed by atoms with Gasteiger partial charge in [0.25, 0.3) is 5.91 Å². The predicted molar refractivity (Wildman–Crippen MR) is 124 cm³/mol. The van der Waals surface area contributed by atoms with E-state index < -0.39 is 5.54 Å². The number of hydrogen-bond donors (Lipinski definition) is 3. The summed E-state index contributed by atoms with van der Waals surface area (Å²) in [5.41, 5.74) is 0.699. The minimum atomic E-state index is -0.569. The number of nitrogens with one attached hydrogen (secondary N) is 3. The summed E-state index contributed by atoms with van der Waals surface area (Å²) in [7, 11) is 1.75. The number of hydrogen-bond acceptors (Lipinski definition) is 4. The van der Waals surface area contributed by atoms with E-state index in [2.05, 4.69) is 27.8 Å². The molecule has 2 saturated carbocycles. The van der Waals surface area contributed by atoms with Gasteiger partial charge in [-0.25, -0.2) is 0 Å². The Bertz CT molecular complexity index is 748. The van der Waals surface area contributed by atoms with E-state index in [0.29, 0.717) is 12.0 Å². The molecule has 6 heteroatoms. The van der Waals surface area contributed by atoms with Crippen molar-refractivity contribution in [1.82, 2.24) is 20.5 Å². The average molecular weight is 426 g/mol. The van der Waals surface area contributed by atoms with Crippen molar-refractivity contribution in [3.05, 3.63) is 30.1 Å². The van der Waals surface area contributed by atoms with Gasteiger partial charge in [0.2, 0.25) is 0 Å². The fourth-order valence-electron chi connectivity index (χ4n) is 6.04. The second kappa shape index (κ2) is 10.1. The smallest absolute Gasteiger partial charge is 0.254 e. The van der Waals surface area contributed by atoms with Gasteiger partial charge in [-0.3, -0.25) is 20.1 Å². The van der Waals surface area contributed by atoms with Gasteiger partial charge in [0.15, 0.2) is 5.96 Å². The third kappa shape index (κ3) is 5.46. The van der Waals surface area contributed by atoms with Gasteiger partial charge < -0.3 is 10.6 Å². The molecule has 3 N–H and O–H groups in total. The van der Waals surface area contributed by atoms with Crippen molar-refractivity contribution in [3.8, 4) is 0 Å².